The molecule has 0 aliphatic rings. The Morgan fingerprint density at radius 1 is 0.607 bits per heavy atom. The number of fused-ring (bicyclic) bond motifs is 6. The molecule has 0 aliphatic carbocycles. The lowest BCUT2D eigenvalue weighted by atomic mass is 9.99. The van der Waals surface area contributed by atoms with Gasteiger partial charge in [-0.1, -0.05) is 82.7 Å². The van der Waals surface area contributed by atoms with Crippen LogP contribution >= 0.6 is 15.9 Å². The quantitative estimate of drug-likeness (QED) is 0.260. The average Bonchev–Trinajstić information content (AvgIpc) is 3.26. The van der Waals surface area contributed by atoms with E-state index in [9.17, 15) is 0 Å². The lowest BCUT2D eigenvalue weighted by molar-refractivity contribution is 1.17. The molecule has 0 aliphatic heterocycles. The molecule has 0 atom stereocenters. The molecule has 6 aromatic rings. The van der Waals surface area contributed by atoms with Gasteiger partial charge in [0.15, 0.2) is 0 Å². The van der Waals surface area contributed by atoms with Gasteiger partial charge in [0.25, 0.3) is 0 Å². The largest absolute Gasteiger partial charge is 0.308 e. The highest BCUT2D eigenvalue weighted by atomic mass is 79.9. The minimum absolute atomic E-state index is 0.991. The Balaban J connectivity index is 1.68. The van der Waals surface area contributed by atoms with Crippen LogP contribution in [0.15, 0.2) is 84.9 Å². The lowest BCUT2D eigenvalue weighted by Crippen LogP contribution is -1.87. The van der Waals surface area contributed by atoms with E-state index in [-0.39, 0.29) is 0 Å². The second-order valence-corrected chi connectivity index (χ2v) is 8.22. The van der Waals surface area contributed by atoms with Crippen LogP contribution in [0.1, 0.15) is 5.56 Å². The van der Waals surface area contributed by atoms with Gasteiger partial charge in [-0.25, -0.2) is 0 Å². The molecule has 2 heterocycles. The molecule has 0 saturated carbocycles. The third-order valence-corrected chi connectivity index (χ3v) is 6.26. The van der Waals surface area contributed by atoms with Crippen LogP contribution < -0.4 is 0 Å². The van der Waals surface area contributed by atoms with E-state index >= 15 is 0 Å². The number of alkyl halides is 1. The topological polar surface area (TPSA) is 4.41 Å². The molecule has 2 heteroatoms. The molecule has 0 saturated heterocycles. The van der Waals surface area contributed by atoms with Crippen molar-refractivity contribution in [1.29, 1.82) is 0 Å². The summed E-state index contributed by atoms with van der Waals surface area (Å²) in [6, 6.07) is 31.2. The Morgan fingerprint density at radius 3 is 2.21 bits per heavy atom. The first-order chi connectivity index (χ1) is 13.8. The smallest absolute Gasteiger partial charge is 0.0620 e. The highest BCUT2D eigenvalue weighted by molar-refractivity contribution is 9.09. The number of nitrogens with zero attached hydrogens (tertiary/aromatic N) is 1. The number of aryl methyl sites for hydroxylation is 1. The third kappa shape index (κ3) is 2.18. The zero-order valence-corrected chi connectivity index (χ0v) is 16.9. The molecule has 4 aromatic carbocycles. The van der Waals surface area contributed by atoms with Gasteiger partial charge < -0.3 is 4.40 Å². The summed E-state index contributed by atoms with van der Waals surface area (Å²) in [6.45, 7) is 0. The van der Waals surface area contributed by atoms with Gasteiger partial charge in [0.1, 0.15) is 0 Å². The van der Waals surface area contributed by atoms with Gasteiger partial charge in [0.05, 0.1) is 16.6 Å². The van der Waals surface area contributed by atoms with Gasteiger partial charge in [0, 0.05) is 26.9 Å². The van der Waals surface area contributed by atoms with Gasteiger partial charge in [-0.3, -0.25) is 0 Å². The van der Waals surface area contributed by atoms with Crippen molar-refractivity contribution < 1.29 is 0 Å². The van der Waals surface area contributed by atoms with Crippen LogP contribution in [0.3, 0.4) is 0 Å². The summed E-state index contributed by atoms with van der Waals surface area (Å²) in [6.07, 6.45) is 1.05. The first kappa shape index (κ1) is 16.1. The number of hydrogen-bond acceptors (Lipinski definition) is 0. The van der Waals surface area contributed by atoms with Crippen molar-refractivity contribution in [3.05, 3.63) is 90.5 Å². The Bertz CT molecular complexity index is 1470. The van der Waals surface area contributed by atoms with Gasteiger partial charge in [-0.15, -0.1) is 0 Å². The van der Waals surface area contributed by atoms with Crippen molar-refractivity contribution in [3.63, 3.8) is 0 Å². The summed E-state index contributed by atoms with van der Waals surface area (Å²) in [4.78, 5) is 0. The molecule has 6 rings (SSSR count). The van der Waals surface area contributed by atoms with Crippen LogP contribution in [-0.4, -0.2) is 9.73 Å². The maximum atomic E-state index is 3.55. The number of rotatable bonds is 3. The molecule has 2 aromatic heterocycles. The van der Waals surface area contributed by atoms with Crippen molar-refractivity contribution >= 4 is 54.0 Å². The molecule has 0 bridgehead atoms. The molecule has 28 heavy (non-hydrogen) atoms. The predicted molar refractivity (Wildman–Crippen MR) is 124 cm³/mol. The minimum Gasteiger partial charge on any atom is -0.308 e. The highest BCUT2D eigenvalue weighted by Crippen LogP contribution is 2.40. The van der Waals surface area contributed by atoms with Crippen molar-refractivity contribution in [3.8, 4) is 11.1 Å². The zero-order valence-electron chi connectivity index (χ0n) is 15.3. The van der Waals surface area contributed by atoms with E-state index in [1.54, 1.807) is 0 Å². The molecule has 0 N–H and O–H groups in total. The average molecular weight is 424 g/mol. The van der Waals surface area contributed by atoms with Crippen LogP contribution in [-0.2, 0) is 6.42 Å². The number of halogens is 1. The fraction of sp³-hybridized carbons (Fsp3) is 0.0769. The molecule has 0 spiro atoms. The summed E-state index contributed by atoms with van der Waals surface area (Å²) in [5, 5.41) is 6.32. The van der Waals surface area contributed by atoms with Crippen LogP contribution in [0.4, 0.5) is 0 Å². The first-order valence-electron chi connectivity index (χ1n) is 9.67. The normalized spacial score (nSPS) is 12.0. The maximum Gasteiger partial charge on any atom is 0.0620 e. The molecule has 134 valence electrons. The van der Waals surface area contributed by atoms with E-state index < -0.39 is 0 Å². The zero-order chi connectivity index (χ0) is 18.7. The molecule has 0 fully saturated rings. The van der Waals surface area contributed by atoms with Crippen LogP contribution in [0.25, 0.3) is 49.2 Å². The highest BCUT2D eigenvalue weighted by Gasteiger charge is 2.17. The van der Waals surface area contributed by atoms with E-state index in [1.165, 1.54) is 54.8 Å². The molecular weight excluding hydrogens is 406 g/mol. The summed E-state index contributed by atoms with van der Waals surface area (Å²) in [7, 11) is 0. The lowest BCUT2D eigenvalue weighted by Gasteiger charge is -2.06. The molecule has 0 amide bonds. The standard InChI is InChI=1S/C26H18BrN/c27-14-13-17-5-3-6-18(15-17)19-11-12-25-23(16-19)22-9-4-8-21-20-7-1-2-10-24(20)28(25)26(21)22/h1-12,15-16H,13-14H2. The Labute approximate surface area is 171 Å². The Morgan fingerprint density at radius 2 is 1.32 bits per heavy atom. The van der Waals surface area contributed by atoms with Crippen molar-refractivity contribution in [2.24, 2.45) is 0 Å². The van der Waals surface area contributed by atoms with Crippen molar-refractivity contribution in [2.45, 2.75) is 6.42 Å². The first-order valence-corrected chi connectivity index (χ1v) is 10.8. The Hall–Kier alpha value is -2.84. The van der Waals surface area contributed by atoms with Gasteiger partial charge in [0.2, 0.25) is 0 Å². The maximum absolute atomic E-state index is 3.55. The summed E-state index contributed by atoms with van der Waals surface area (Å²) < 4.78 is 2.43. The monoisotopic (exact) mass is 423 g/mol. The number of benzene rings is 4. The molecule has 1 nitrogen and oxygen atoms in total. The van der Waals surface area contributed by atoms with Gasteiger partial charge in [-0.05, 0) is 41.3 Å². The predicted octanol–water partition coefficient (Wildman–Crippen LogP) is 7.44. The number of hydrogen-bond donors (Lipinski definition) is 0. The van der Waals surface area contributed by atoms with E-state index in [4.69, 9.17) is 0 Å². The van der Waals surface area contributed by atoms with E-state index in [0.29, 0.717) is 0 Å². The van der Waals surface area contributed by atoms with Gasteiger partial charge in [-0.2, -0.15) is 0 Å². The summed E-state index contributed by atoms with van der Waals surface area (Å²) in [5.41, 5.74) is 7.85. The van der Waals surface area contributed by atoms with Crippen molar-refractivity contribution in [2.75, 3.05) is 5.33 Å². The SMILES string of the molecule is BrCCc1cccc(-c2ccc3c(c2)c2cccc4c5ccccc5n3c42)c1. The number of aromatic nitrogens is 1. The van der Waals surface area contributed by atoms with Crippen LogP contribution in [0.5, 0.6) is 0 Å². The molecule has 0 unspecified atom stereocenters. The Kier molecular flexibility index (Phi) is 3.51. The summed E-state index contributed by atoms with van der Waals surface area (Å²) in [5.74, 6) is 0. The van der Waals surface area contributed by atoms with E-state index in [2.05, 4.69) is 105 Å². The van der Waals surface area contributed by atoms with Gasteiger partial charge >= 0.3 is 0 Å². The third-order valence-electron chi connectivity index (χ3n) is 5.87. The van der Waals surface area contributed by atoms with Crippen molar-refractivity contribution in [1.82, 2.24) is 4.40 Å². The second-order valence-electron chi connectivity index (χ2n) is 7.43. The van der Waals surface area contributed by atoms with E-state index in [1.807, 2.05) is 0 Å². The fourth-order valence-electron chi connectivity index (χ4n) is 4.63. The molecular formula is C26H18BrN. The number of para-hydroxylation sites is 2. The van der Waals surface area contributed by atoms with E-state index in [0.717, 1.165) is 11.8 Å². The van der Waals surface area contributed by atoms with Crippen LogP contribution in [0, 0.1) is 0 Å². The minimum atomic E-state index is 0.991. The summed E-state index contributed by atoms with van der Waals surface area (Å²) >= 11 is 3.55. The molecule has 0 radical (unpaired) electrons. The second kappa shape index (κ2) is 6.08. The van der Waals surface area contributed by atoms with Crippen LogP contribution in [0.2, 0.25) is 0 Å². The fourth-order valence-corrected chi connectivity index (χ4v) is 5.09.